The number of thiophene rings is 1. The van der Waals surface area contributed by atoms with Crippen LogP contribution in [0.1, 0.15) is 39.4 Å². The highest BCUT2D eigenvalue weighted by molar-refractivity contribution is 7.18. The number of para-hydroxylation sites is 1. The molecule has 2 amide bonds. The molecule has 0 unspecified atom stereocenters. The van der Waals surface area contributed by atoms with E-state index in [0.29, 0.717) is 16.3 Å². The van der Waals surface area contributed by atoms with Gasteiger partial charge in [0, 0.05) is 0 Å². The molecule has 0 fully saturated rings. The van der Waals surface area contributed by atoms with Gasteiger partial charge in [-0.25, -0.2) is 4.79 Å². The van der Waals surface area contributed by atoms with E-state index in [0.717, 1.165) is 11.3 Å². The molecule has 9 heteroatoms. The number of anilines is 1. The Hall–Kier alpha value is -2.58. The molecule has 0 saturated carbocycles. The summed E-state index contributed by atoms with van der Waals surface area (Å²) < 4.78 is 10.6. The Morgan fingerprint density at radius 1 is 1.26 bits per heavy atom. The number of carbonyl (C=O) groups is 3. The molecule has 0 aliphatic rings. The van der Waals surface area contributed by atoms with Crippen molar-refractivity contribution in [3.8, 4) is 5.75 Å². The molecule has 7 nitrogen and oxygen atoms in total. The number of halogens is 1. The Kier molecular flexibility index (Phi) is 6.81. The molecule has 0 radical (unpaired) electrons. The van der Waals surface area contributed by atoms with Crippen molar-refractivity contribution in [1.29, 1.82) is 0 Å². The number of hydrogen-bond acceptors (Lipinski definition) is 6. The largest absolute Gasteiger partial charge is 0.482 e. The normalized spacial score (nSPS) is 10.6. The second-order valence-corrected chi connectivity index (χ2v) is 7.27. The summed E-state index contributed by atoms with van der Waals surface area (Å²) in [5, 5.41) is 3.12. The van der Waals surface area contributed by atoms with Gasteiger partial charge in [0.05, 0.1) is 21.6 Å². The van der Waals surface area contributed by atoms with Gasteiger partial charge in [-0.1, -0.05) is 23.7 Å². The summed E-state index contributed by atoms with van der Waals surface area (Å²) in [4.78, 5) is 36.4. The maximum Gasteiger partial charge on any atom is 0.341 e. The van der Waals surface area contributed by atoms with Gasteiger partial charge in [0.2, 0.25) is 0 Å². The zero-order valence-electron chi connectivity index (χ0n) is 15.0. The van der Waals surface area contributed by atoms with E-state index >= 15 is 0 Å². The molecule has 0 aliphatic heterocycles. The number of benzene rings is 1. The molecular formula is C18H19ClN2O5S. The molecule has 0 bridgehead atoms. The molecule has 1 aromatic carbocycles. The Morgan fingerprint density at radius 2 is 1.93 bits per heavy atom. The van der Waals surface area contributed by atoms with E-state index in [2.05, 4.69) is 5.32 Å². The van der Waals surface area contributed by atoms with Gasteiger partial charge in [-0.3, -0.25) is 9.59 Å². The Labute approximate surface area is 165 Å². The highest BCUT2D eigenvalue weighted by Crippen LogP contribution is 2.33. The third kappa shape index (κ3) is 5.21. The zero-order valence-corrected chi connectivity index (χ0v) is 16.6. The van der Waals surface area contributed by atoms with Crippen LogP contribution in [0.5, 0.6) is 5.75 Å². The SMILES string of the molecule is Cc1c(C(N)=O)sc(NC(=O)COc2ccccc2Cl)c1C(=O)OC(C)C. The molecule has 1 heterocycles. The maximum atomic E-state index is 12.4. The van der Waals surface area contributed by atoms with Gasteiger partial charge >= 0.3 is 5.97 Å². The van der Waals surface area contributed by atoms with Crippen LogP contribution in [0.3, 0.4) is 0 Å². The van der Waals surface area contributed by atoms with Crippen molar-refractivity contribution < 1.29 is 23.9 Å². The van der Waals surface area contributed by atoms with Gasteiger partial charge in [0.1, 0.15) is 10.8 Å². The molecule has 0 atom stereocenters. The Morgan fingerprint density at radius 3 is 2.52 bits per heavy atom. The van der Waals surface area contributed by atoms with Crippen LogP contribution in [0.2, 0.25) is 5.02 Å². The summed E-state index contributed by atoms with van der Waals surface area (Å²) in [6.45, 7) is 4.64. The lowest BCUT2D eigenvalue weighted by Crippen LogP contribution is -2.21. The standard InChI is InChI=1S/C18H19ClN2O5S/c1-9(2)26-18(24)14-10(3)15(16(20)23)27-17(14)21-13(22)8-25-12-7-5-4-6-11(12)19/h4-7,9H,8H2,1-3H3,(H2,20,23)(H,21,22). The van der Waals surface area contributed by atoms with E-state index in [-0.39, 0.29) is 28.2 Å². The number of rotatable bonds is 7. The quantitative estimate of drug-likeness (QED) is 0.680. The van der Waals surface area contributed by atoms with E-state index in [4.69, 9.17) is 26.8 Å². The van der Waals surface area contributed by atoms with Crippen LogP contribution in [-0.2, 0) is 9.53 Å². The summed E-state index contributed by atoms with van der Waals surface area (Å²) >= 11 is 6.89. The van der Waals surface area contributed by atoms with E-state index in [1.54, 1.807) is 45.0 Å². The lowest BCUT2D eigenvalue weighted by atomic mass is 10.1. The van der Waals surface area contributed by atoms with Crippen molar-refractivity contribution in [3.63, 3.8) is 0 Å². The fourth-order valence-corrected chi connectivity index (χ4v) is 3.48. The average molecular weight is 411 g/mol. The van der Waals surface area contributed by atoms with E-state index in [1.165, 1.54) is 0 Å². The second kappa shape index (κ2) is 8.88. The van der Waals surface area contributed by atoms with E-state index in [1.807, 2.05) is 0 Å². The number of ether oxygens (including phenoxy) is 2. The minimum atomic E-state index is -0.691. The van der Waals surface area contributed by atoms with Crippen LogP contribution in [0.15, 0.2) is 24.3 Å². The van der Waals surface area contributed by atoms with Gasteiger partial charge in [0.15, 0.2) is 6.61 Å². The van der Waals surface area contributed by atoms with Crippen molar-refractivity contribution in [1.82, 2.24) is 0 Å². The Balaban J connectivity index is 2.20. The lowest BCUT2D eigenvalue weighted by Gasteiger charge is -2.11. The summed E-state index contributed by atoms with van der Waals surface area (Å²) in [7, 11) is 0. The van der Waals surface area contributed by atoms with Crippen LogP contribution in [0.4, 0.5) is 5.00 Å². The third-order valence-corrected chi connectivity index (χ3v) is 4.90. The fourth-order valence-electron chi connectivity index (χ4n) is 2.22. The predicted molar refractivity (Wildman–Crippen MR) is 104 cm³/mol. The molecular weight excluding hydrogens is 392 g/mol. The van der Waals surface area contributed by atoms with Crippen LogP contribution >= 0.6 is 22.9 Å². The molecule has 0 spiro atoms. The number of primary amides is 1. The maximum absolute atomic E-state index is 12.4. The van der Waals surface area contributed by atoms with Crippen molar-refractivity contribution in [3.05, 3.63) is 45.3 Å². The third-order valence-electron chi connectivity index (χ3n) is 3.37. The van der Waals surface area contributed by atoms with Crippen molar-refractivity contribution in [2.24, 2.45) is 5.73 Å². The molecule has 1 aromatic heterocycles. The highest BCUT2D eigenvalue weighted by Gasteiger charge is 2.26. The molecule has 2 aromatic rings. The zero-order chi connectivity index (χ0) is 20.1. The number of esters is 1. The number of amides is 2. The van der Waals surface area contributed by atoms with Crippen LogP contribution in [0.25, 0.3) is 0 Å². The molecule has 144 valence electrons. The number of carbonyl (C=O) groups excluding carboxylic acids is 3. The smallest absolute Gasteiger partial charge is 0.341 e. The average Bonchev–Trinajstić information content (AvgIpc) is 2.90. The number of nitrogens with two attached hydrogens (primary N) is 1. The minimum Gasteiger partial charge on any atom is -0.482 e. The summed E-state index contributed by atoms with van der Waals surface area (Å²) in [5.41, 5.74) is 5.81. The minimum absolute atomic E-state index is 0.105. The van der Waals surface area contributed by atoms with Gasteiger partial charge < -0.3 is 20.5 Å². The molecule has 27 heavy (non-hydrogen) atoms. The van der Waals surface area contributed by atoms with Gasteiger partial charge in [-0.15, -0.1) is 11.3 Å². The topological polar surface area (TPSA) is 108 Å². The van der Waals surface area contributed by atoms with E-state index < -0.39 is 17.8 Å². The van der Waals surface area contributed by atoms with Gasteiger partial charge in [-0.2, -0.15) is 0 Å². The van der Waals surface area contributed by atoms with E-state index in [9.17, 15) is 14.4 Å². The van der Waals surface area contributed by atoms with Gasteiger partial charge in [0.25, 0.3) is 11.8 Å². The number of nitrogens with one attached hydrogen (secondary N) is 1. The van der Waals surface area contributed by atoms with Gasteiger partial charge in [-0.05, 0) is 38.5 Å². The lowest BCUT2D eigenvalue weighted by molar-refractivity contribution is -0.118. The first-order valence-electron chi connectivity index (χ1n) is 8.02. The summed E-state index contributed by atoms with van der Waals surface area (Å²) in [6, 6.07) is 6.72. The first kappa shape index (κ1) is 20.7. The first-order valence-corrected chi connectivity index (χ1v) is 9.21. The first-order chi connectivity index (χ1) is 12.7. The van der Waals surface area contributed by atoms with Crippen molar-refractivity contribution >= 4 is 45.7 Å². The van der Waals surface area contributed by atoms with Crippen molar-refractivity contribution in [2.75, 3.05) is 11.9 Å². The summed E-state index contributed by atoms with van der Waals surface area (Å²) in [6.07, 6.45) is -0.360. The fraction of sp³-hybridized carbons (Fsp3) is 0.278. The summed E-state index contributed by atoms with van der Waals surface area (Å²) in [5.74, 6) is -1.50. The second-order valence-electron chi connectivity index (χ2n) is 5.85. The molecule has 0 saturated heterocycles. The Bertz CT molecular complexity index is 879. The monoisotopic (exact) mass is 410 g/mol. The molecule has 3 N–H and O–H groups in total. The van der Waals surface area contributed by atoms with Crippen LogP contribution < -0.4 is 15.8 Å². The number of hydrogen-bond donors (Lipinski definition) is 2. The van der Waals surface area contributed by atoms with Crippen LogP contribution in [0, 0.1) is 6.92 Å². The molecule has 0 aliphatic carbocycles. The van der Waals surface area contributed by atoms with Crippen LogP contribution in [-0.4, -0.2) is 30.5 Å². The molecule has 2 rings (SSSR count). The highest BCUT2D eigenvalue weighted by atomic mass is 35.5. The predicted octanol–water partition coefficient (Wildman–Crippen LogP) is 3.39. The van der Waals surface area contributed by atoms with Crippen molar-refractivity contribution in [2.45, 2.75) is 26.9 Å².